The lowest BCUT2D eigenvalue weighted by molar-refractivity contribution is -0.333. The first-order chi connectivity index (χ1) is 18.8. The molecule has 214 valence electrons. The second-order valence-corrected chi connectivity index (χ2v) is 9.87. The molecular formula is C27H34O12. The Labute approximate surface area is 225 Å². The molecule has 12 heteroatoms. The maximum atomic E-state index is 10.8. The van der Waals surface area contributed by atoms with Crippen LogP contribution in [0.3, 0.4) is 0 Å². The Kier molecular flexibility index (Phi) is 7.91. The zero-order valence-electron chi connectivity index (χ0n) is 21.8. The molecule has 3 aliphatic heterocycles. The van der Waals surface area contributed by atoms with E-state index >= 15 is 0 Å². The topological polar surface area (TPSA) is 166 Å². The normalized spacial score (nSPS) is 36.0. The maximum Gasteiger partial charge on any atom is 0.187 e. The fourth-order valence-corrected chi connectivity index (χ4v) is 5.70. The second-order valence-electron chi connectivity index (χ2n) is 9.87. The summed E-state index contributed by atoms with van der Waals surface area (Å²) in [6.07, 6.45) is -8.59. The van der Waals surface area contributed by atoms with Gasteiger partial charge in [0.15, 0.2) is 29.3 Å². The number of ether oxygens (including phenoxy) is 7. The molecule has 0 aliphatic carbocycles. The van der Waals surface area contributed by atoms with E-state index in [0.29, 0.717) is 22.6 Å². The Balaban J connectivity index is 1.54. The number of rotatable bonds is 8. The molecule has 0 saturated carbocycles. The number of hydrogen-bond acceptors (Lipinski definition) is 12. The summed E-state index contributed by atoms with van der Waals surface area (Å²) in [5.74, 6) is 0.824. The lowest BCUT2D eigenvalue weighted by Crippen LogP contribution is -2.61. The molecule has 2 aromatic carbocycles. The molecule has 2 aromatic rings. The largest absolute Gasteiger partial charge is 0.504 e. The summed E-state index contributed by atoms with van der Waals surface area (Å²) in [4.78, 5) is 0. The molecule has 0 unspecified atom stereocenters. The Morgan fingerprint density at radius 3 is 2.23 bits per heavy atom. The van der Waals surface area contributed by atoms with Crippen LogP contribution in [0.25, 0.3) is 0 Å². The quantitative estimate of drug-likeness (QED) is 0.308. The van der Waals surface area contributed by atoms with Gasteiger partial charge in [-0.05, 0) is 35.4 Å². The number of phenolic OH excluding ortho intramolecular Hbond substituents is 1. The van der Waals surface area contributed by atoms with Crippen LogP contribution in [0.5, 0.6) is 23.0 Å². The monoisotopic (exact) mass is 550 g/mol. The molecule has 0 aromatic heterocycles. The number of aliphatic hydroxyl groups excluding tert-OH is 4. The average molecular weight is 551 g/mol. The van der Waals surface area contributed by atoms with Gasteiger partial charge in [0.2, 0.25) is 0 Å². The van der Waals surface area contributed by atoms with Crippen molar-refractivity contribution in [2.24, 2.45) is 5.92 Å². The molecule has 3 saturated heterocycles. The van der Waals surface area contributed by atoms with Crippen LogP contribution in [0.1, 0.15) is 23.3 Å². The van der Waals surface area contributed by atoms with Crippen molar-refractivity contribution in [3.8, 4) is 23.0 Å². The smallest absolute Gasteiger partial charge is 0.187 e. The van der Waals surface area contributed by atoms with Crippen LogP contribution in [-0.2, 0) is 18.9 Å². The number of aromatic hydroxyl groups is 1. The number of aliphatic hydroxyl groups is 4. The van der Waals surface area contributed by atoms with Crippen LogP contribution in [-0.4, -0.2) is 103 Å². The average Bonchev–Trinajstić information content (AvgIpc) is 3.49. The van der Waals surface area contributed by atoms with E-state index in [1.54, 1.807) is 24.3 Å². The van der Waals surface area contributed by atoms with E-state index in [1.165, 1.54) is 27.4 Å². The highest BCUT2D eigenvalue weighted by molar-refractivity contribution is 5.46. The molecule has 3 heterocycles. The van der Waals surface area contributed by atoms with Gasteiger partial charge in [-0.25, -0.2) is 0 Å². The molecule has 5 rings (SSSR count). The van der Waals surface area contributed by atoms with Gasteiger partial charge in [0, 0.05) is 5.92 Å². The summed E-state index contributed by atoms with van der Waals surface area (Å²) >= 11 is 0. The molecule has 3 aliphatic rings. The lowest BCUT2D eigenvalue weighted by atomic mass is 9.80. The number of phenols is 1. The third-order valence-corrected chi connectivity index (χ3v) is 7.79. The van der Waals surface area contributed by atoms with Crippen molar-refractivity contribution in [3.05, 3.63) is 47.5 Å². The minimum atomic E-state index is -1.61. The SMILES string of the molecule is COc1cc([C@H]2OC[C@]3(O[C@@H]4O[C@H](CO)[C@@H](O)[C@H](O)[C@H]4O)[C@@H](c4ccc(OC)c(OC)c4)OC[C@H]23)ccc1O. The zero-order valence-corrected chi connectivity index (χ0v) is 21.8. The zero-order chi connectivity index (χ0) is 27.9. The molecule has 3 fully saturated rings. The minimum absolute atomic E-state index is 0.0134. The van der Waals surface area contributed by atoms with Gasteiger partial charge < -0.3 is 58.7 Å². The van der Waals surface area contributed by atoms with E-state index in [9.17, 15) is 25.5 Å². The van der Waals surface area contributed by atoms with E-state index in [0.717, 1.165) is 0 Å². The van der Waals surface area contributed by atoms with Crippen molar-refractivity contribution in [2.75, 3.05) is 41.2 Å². The van der Waals surface area contributed by atoms with Crippen molar-refractivity contribution < 1.29 is 58.7 Å². The summed E-state index contributed by atoms with van der Waals surface area (Å²) in [6.45, 7) is -0.382. The van der Waals surface area contributed by atoms with Gasteiger partial charge in [-0.1, -0.05) is 12.1 Å². The molecule has 5 N–H and O–H groups in total. The predicted molar refractivity (Wildman–Crippen MR) is 133 cm³/mol. The third kappa shape index (κ3) is 4.70. The van der Waals surface area contributed by atoms with Crippen molar-refractivity contribution in [2.45, 2.75) is 48.5 Å². The molecule has 0 bridgehead atoms. The molecule has 39 heavy (non-hydrogen) atoms. The number of methoxy groups -OCH3 is 3. The summed E-state index contributed by atoms with van der Waals surface area (Å²) < 4.78 is 40.9. The number of hydrogen-bond donors (Lipinski definition) is 5. The molecule has 12 nitrogen and oxygen atoms in total. The summed E-state index contributed by atoms with van der Waals surface area (Å²) in [5, 5.41) is 51.2. The first-order valence-corrected chi connectivity index (χ1v) is 12.6. The third-order valence-electron chi connectivity index (χ3n) is 7.79. The van der Waals surface area contributed by atoms with Crippen LogP contribution < -0.4 is 14.2 Å². The highest BCUT2D eigenvalue weighted by atomic mass is 16.7. The highest BCUT2D eigenvalue weighted by Crippen LogP contribution is 2.57. The molecule has 0 amide bonds. The van der Waals surface area contributed by atoms with Gasteiger partial charge in [-0.2, -0.15) is 0 Å². The van der Waals surface area contributed by atoms with Crippen LogP contribution in [0.2, 0.25) is 0 Å². The van der Waals surface area contributed by atoms with E-state index in [1.807, 2.05) is 6.07 Å². The number of fused-ring (bicyclic) bond motifs is 1. The Hall–Kier alpha value is -2.68. The van der Waals surface area contributed by atoms with Gasteiger partial charge >= 0.3 is 0 Å². The lowest BCUT2D eigenvalue weighted by Gasteiger charge is -2.44. The molecular weight excluding hydrogens is 516 g/mol. The molecule has 9 atom stereocenters. The van der Waals surface area contributed by atoms with Gasteiger partial charge in [-0.3, -0.25) is 0 Å². The van der Waals surface area contributed by atoms with E-state index in [4.69, 9.17) is 33.2 Å². The van der Waals surface area contributed by atoms with Gasteiger partial charge in [0.05, 0.1) is 47.3 Å². The molecule has 0 spiro atoms. The maximum absolute atomic E-state index is 10.8. The first kappa shape index (κ1) is 27.9. The Bertz CT molecular complexity index is 1160. The van der Waals surface area contributed by atoms with Gasteiger partial charge in [0.25, 0.3) is 0 Å². The van der Waals surface area contributed by atoms with Gasteiger partial charge in [0.1, 0.15) is 36.1 Å². The van der Waals surface area contributed by atoms with Crippen molar-refractivity contribution in [1.29, 1.82) is 0 Å². The standard InChI is InChI=1S/C27H34O12/c1-33-17-7-5-14(9-19(17)35-3)25-27(39-26-23(32)22(31)21(30)20(10-28)38-26)12-37-24(15(27)11-36-25)13-4-6-16(29)18(8-13)34-2/h4-9,15,20-26,28-32H,10-12H2,1-3H3/t15-,20-,21-,22+,23-,24-,25-,26+,27-/m1/s1. The fraction of sp³-hybridized carbons (Fsp3) is 0.556. The van der Waals surface area contributed by atoms with E-state index in [2.05, 4.69) is 0 Å². The summed E-state index contributed by atoms with van der Waals surface area (Å²) in [7, 11) is 4.50. The van der Waals surface area contributed by atoms with Crippen LogP contribution >= 0.6 is 0 Å². The highest BCUT2D eigenvalue weighted by Gasteiger charge is 2.63. The van der Waals surface area contributed by atoms with Crippen molar-refractivity contribution in [3.63, 3.8) is 0 Å². The van der Waals surface area contributed by atoms with Crippen LogP contribution in [0.4, 0.5) is 0 Å². The first-order valence-electron chi connectivity index (χ1n) is 12.6. The van der Waals surface area contributed by atoms with E-state index in [-0.39, 0.29) is 24.7 Å². The van der Waals surface area contributed by atoms with Crippen LogP contribution in [0, 0.1) is 5.92 Å². The van der Waals surface area contributed by atoms with Gasteiger partial charge in [-0.15, -0.1) is 0 Å². The van der Waals surface area contributed by atoms with Crippen LogP contribution in [0.15, 0.2) is 36.4 Å². The summed E-state index contributed by atoms with van der Waals surface area (Å²) in [5.41, 5.74) is 0.168. The minimum Gasteiger partial charge on any atom is -0.504 e. The Morgan fingerprint density at radius 2 is 1.54 bits per heavy atom. The second kappa shape index (κ2) is 11.1. The number of benzene rings is 2. The predicted octanol–water partition coefficient (Wildman–Crippen LogP) is 0.432. The summed E-state index contributed by atoms with van der Waals surface area (Å²) in [6, 6.07) is 10.2. The van der Waals surface area contributed by atoms with E-state index < -0.39 is 61.0 Å². The molecule has 0 radical (unpaired) electrons. The fourth-order valence-electron chi connectivity index (χ4n) is 5.70. The van der Waals surface area contributed by atoms with Crippen molar-refractivity contribution >= 4 is 0 Å². The van der Waals surface area contributed by atoms with Crippen molar-refractivity contribution in [1.82, 2.24) is 0 Å². The Morgan fingerprint density at radius 1 is 0.846 bits per heavy atom.